The number of carbonyl (C=O) groups excluding carboxylic acids is 1. The lowest BCUT2D eigenvalue weighted by atomic mass is 10.1. The minimum Gasteiger partial charge on any atom is -0.352 e. The molecule has 0 aliphatic carbocycles. The number of halogens is 2. The predicted molar refractivity (Wildman–Crippen MR) is 116 cm³/mol. The summed E-state index contributed by atoms with van der Waals surface area (Å²) in [6.45, 7) is 2.88. The molecule has 0 aromatic carbocycles. The van der Waals surface area contributed by atoms with Crippen molar-refractivity contribution in [2.24, 2.45) is 7.05 Å². The van der Waals surface area contributed by atoms with Gasteiger partial charge in [-0.05, 0) is 18.5 Å². The highest BCUT2D eigenvalue weighted by Gasteiger charge is 2.29. The molecular weight excluding hydrogens is 421 g/mol. The summed E-state index contributed by atoms with van der Waals surface area (Å²) in [6, 6.07) is 1.65. The van der Waals surface area contributed by atoms with E-state index in [9.17, 15) is 4.79 Å². The molecule has 1 atom stereocenters. The van der Waals surface area contributed by atoms with E-state index in [1.54, 1.807) is 35.6 Å². The number of nitrogens with zero attached hydrogens (tertiary/aromatic N) is 6. The van der Waals surface area contributed by atoms with Crippen molar-refractivity contribution in [3.63, 3.8) is 0 Å². The highest BCUT2D eigenvalue weighted by molar-refractivity contribution is 7.17. The SMILES string of the molecule is CNC(C(=O)N1CCN(c2ncnc3ccsc23)CC1)c1cnn(C)c1.Cl.Cl. The van der Waals surface area contributed by atoms with Gasteiger partial charge in [0.1, 0.15) is 18.2 Å². The molecule has 1 N–H and O–H groups in total. The summed E-state index contributed by atoms with van der Waals surface area (Å²) in [4.78, 5) is 25.9. The van der Waals surface area contributed by atoms with Crippen molar-refractivity contribution in [3.8, 4) is 0 Å². The summed E-state index contributed by atoms with van der Waals surface area (Å²) < 4.78 is 2.82. The van der Waals surface area contributed by atoms with Crippen LogP contribution in [0.3, 0.4) is 0 Å². The van der Waals surface area contributed by atoms with Gasteiger partial charge < -0.3 is 15.1 Å². The third kappa shape index (κ3) is 4.22. The molecule has 0 radical (unpaired) electrons. The number of aryl methyl sites for hydroxylation is 1. The topological polar surface area (TPSA) is 79.2 Å². The quantitative estimate of drug-likeness (QED) is 0.662. The maximum Gasteiger partial charge on any atom is 0.244 e. The second-order valence-electron chi connectivity index (χ2n) is 6.31. The molecule has 1 amide bonds. The molecule has 3 aromatic heterocycles. The number of rotatable bonds is 4. The van der Waals surface area contributed by atoms with Crippen LogP contribution in [0.1, 0.15) is 11.6 Å². The number of fused-ring (bicyclic) bond motifs is 1. The van der Waals surface area contributed by atoms with Gasteiger partial charge in [-0.1, -0.05) is 0 Å². The van der Waals surface area contributed by atoms with Crippen molar-refractivity contribution in [2.75, 3.05) is 38.1 Å². The van der Waals surface area contributed by atoms with Crippen molar-refractivity contribution in [1.82, 2.24) is 30.0 Å². The van der Waals surface area contributed by atoms with Crippen molar-refractivity contribution >= 4 is 58.1 Å². The van der Waals surface area contributed by atoms with Gasteiger partial charge in [0.05, 0.1) is 16.4 Å². The maximum absolute atomic E-state index is 12.9. The number of thiophene rings is 1. The monoisotopic (exact) mass is 443 g/mol. The molecule has 0 bridgehead atoms. The minimum atomic E-state index is -0.363. The summed E-state index contributed by atoms with van der Waals surface area (Å²) in [7, 11) is 3.66. The Labute approximate surface area is 179 Å². The first-order valence-corrected chi connectivity index (χ1v) is 9.43. The average Bonchev–Trinajstić information content (AvgIpc) is 3.31. The van der Waals surface area contributed by atoms with Crippen molar-refractivity contribution in [2.45, 2.75) is 6.04 Å². The molecule has 4 rings (SSSR count). The number of aromatic nitrogens is 4. The highest BCUT2D eigenvalue weighted by Crippen LogP contribution is 2.28. The highest BCUT2D eigenvalue weighted by atomic mass is 35.5. The van der Waals surface area contributed by atoms with Crippen LogP contribution >= 0.6 is 36.2 Å². The molecule has 4 heterocycles. The molecule has 152 valence electrons. The molecule has 1 fully saturated rings. The molecule has 0 saturated carbocycles. The Bertz CT molecular complexity index is 923. The Balaban J connectivity index is 0.00000140. The normalized spacial score (nSPS) is 15.1. The Kier molecular flexibility index (Phi) is 7.59. The fraction of sp³-hybridized carbons (Fsp3) is 0.412. The molecule has 11 heteroatoms. The molecule has 28 heavy (non-hydrogen) atoms. The first kappa shape index (κ1) is 22.4. The van der Waals surface area contributed by atoms with E-state index in [2.05, 4.69) is 25.3 Å². The van der Waals surface area contributed by atoms with Gasteiger partial charge in [0.25, 0.3) is 0 Å². The first-order chi connectivity index (χ1) is 12.7. The van der Waals surface area contributed by atoms with Crippen LogP contribution in [0.2, 0.25) is 0 Å². The number of carbonyl (C=O) groups is 1. The largest absolute Gasteiger partial charge is 0.352 e. The van der Waals surface area contributed by atoms with E-state index in [4.69, 9.17) is 0 Å². The average molecular weight is 444 g/mol. The van der Waals surface area contributed by atoms with E-state index in [-0.39, 0.29) is 36.8 Å². The number of nitrogens with one attached hydrogen (secondary N) is 1. The zero-order chi connectivity index (χ0) is 18.1. The van der Waals surface area contributed by atoms with Gasteiger partial charge >= 0.3 is 0 Å². The number of hydrogen-bond donors (Lipinski definition) is 1. The van der Waals surface area contributed by atoms with Gasteiger partial charge in [-0.15, -0.1) is 36.2 Å². The Morgan fingerprint density at radius 1 is 1.21 bits per heavy atom. The lowest BCUT2D eigenvalue weighted by molar-refractivity contribution is -0.133. The van der Waals surface area contributed by atoms with E-state index >= 15 is 0 Å². The summed E-state index contributed by atoms with van der Waals surface area (Å²) in [5, 5.41) is 9.32. The molecule has 8 nitrogen and oxygen atoms in total. The summed E-state index contributed by atoms with van der Waals surface area (Å²) >= 11 is 1.66. The third-order valence-corrected chi connectivity index (χ3v) is 5.61. The molecule has 3 aromatic rings. The van der Waals surface area contributed by atoms with Gasteiger partial charge in [-0.3, -0.25) is 9.48 Å². The van der Waals surface area contributed by atoms with Gasteiger partial charge in [0.15, 0.2) is 0 Å². The number of amides is 1. The van der Waals surface area contributed by atoms with E-state index in [0.717, 1.165) is 34.7 Å². The lowest BCUT2D eigenvalue weighted by Crippen LogP contribution is -2.51. The molecule has 0 spiro atoms. The van der Waals surface area contributed by atoms with Crippen LogP contribution in [-0.4, -0.2) is 63.8 Å². The van der Waals surface area contributed by atoms with Crippen LogP contribution in [0.15, 0.2) is 30.2 Å². The second-order valence-corrected chi connectivity index (χ2v) is 7.23. The Morgan fingerprint density at radius 3 is 2.61 bits per heavy atom. The minimum absolute atomic E-state index is 0. The van der Waals surface area contributed by atoms with E-state index in [0.29, 0.717) is 13.1 Å². The Morgan fingerprint density at radius 2 is 1.96 bits per heavy atom. The van der Waals surface area contributed by atoms with Crippen molar-refractivity contribution in [1.29, 1.82) is 0 Å². The number of anilines is 1. The zero-order valence-corrected chi connectivity index (χ0v) is 18.1. The van der Waals surface area contributed by atoms with Crippen LogP contribution in [0.5, 0.6) is 0 Å². The number of hydrogen-bond acceptors (Lipinski definition) is 7. The fourth-order valence-electron chi connectivity index (χ4n) is 3.34. The summed E-state index contributed by atoms with van der Waals surface area (Å²) in [5.74, 6) is 1.05. The standard InChI is InChI=1S/C17H21N7OS.2ClH/c1-18-14(12-9-21-22(2)10-12)17(25)24-6-4-23(5-7-24)16-15-13(3-8-26-15)19-11-20-16;;/h3,8-11,14,18H,4-7H2,1-2H3;2*1H. The predicted octanol–water partition coefficient (Wildman–Crippen LogP) is 1.88. The summed E-state index contributed by atoms with van der Waals surface area (Å²) in [5.41, 5.74) is 1.86. The lowest BCUT2D eigenvalue weighted by Gasteiger charge is -2.36. The van der Waals surface area contributed by atoms with Crippen LogP contribution in [0.25, 0.3) is 10.2 Å². The fourth-order valence-corrected chi connectivity index (χ4v) is 4.21. The number of piperazine rings is 1. The van der Waals surface area contributed by atoms with Crippen LogP contribution in [-0.2, 0) is 11.8 Å². The molecule has 1 unspecified atom stereocenters. The maximum atomic E-state index is 12.9. The van der Waals surface area contributed by atoms with Crippen molar-refractivity contribution in [3.05, 3.63) is 35.7 Å². The summed E-state index contributed by atoms with van der Waals surface area (Å²) in [6.07, 6.45) is 5.23. The smallest absolute Gasteiger partial charge is 0.244 e. The van der Waals surface area contributed by atoms with E-state index in [1.807, 2.05) is 29.6 Å². The van der Waals surface area contributed by atoms with Gasteiger partial charge in [0, 0.05) is 45.0 Å². The van der Waals surface area contributed by atoms with Crippen molar-refractivity contribution < 1.29 is 4.79 Å². The molecular formula is C17H23Cl2N7OS. The second kappa shape index (κ2) is 9.51. The molecule has 1 aliphatic rings. The Hall–Kier alpha value is -1.94. The van der Waals surface area contributed by atoms with E-state index in [1.165, 1.54) is 0 Å². The van der Waals surface area contributed by atoms with Gasteiger partial charge in [0.2, 0.25) is 5.91 Å². The van der Waals surface area contributed by atoms with Crippen LogP contribution in [0, 0.1) is 0 Å². The van der Waals surface area contributed by atoms with Crippen LogP contribution < -0.4 is 10.2 Å². The van der Waals surface area contributed by atoms with Gasteiger partial charge in [-0.25, -0.2) is 9.97 Å². The third-order valence-electron chi connectivity index (χ3n) is 4.71. The molecule has 1 saturated heterocycles. The van der Waals surface area contributed by atoms with Gasteiger partial charge in [-0.2, -0.15) is 5.10 Å². The molecule has 1 aliphatic heterocycles. The number of likely N-dealkylation sites (N-methyl/N-ethyl adjacent to an activating group) is 1. The zero-order valence-electron chi connectivity index (χ0n) is 15.6. The first-order valence-electron chi connectivity index (χ1n) is 8.55. The van der Waals surface area contributed by atoms with E-state index < -0.39 is 0 Å². The van der Waals surface area contributed by atoms with Crippen LogP contribution in [0.4, 0.5) is 5.82 Å².